The molecule has 1 aromatic rings. The van der Waals surface area contributed by atoms with Crippen LogP contribution in [0.4, 0.5) is 0 Å². The zero-order valence-electron chi connectivity index (χ0n) is 8.13. The smallest absolute Gasteiger partial charge is 0.138 e. The fourth-order valence-electron chi connectivity index (χ4n) is 1.03. The van der Waals surface area contributed by atoms with E-state index in [0.717, 1.165) is 5.56 Å². The predicted octanol–water partition coefficient (Wildman–Crippen LogP) is 3.01. The van der Waals surface area contributed by atoms with E-state index in [1.807, 2.05) is 18.2 Å². The average molecular weight is 213 g/mol. The molecule has 0 aliphatic carbocycles. The molecule has 0 saturated heterocycles. The number of benzene rings is 1. The average Bonchev–Trinajstić information content (AvgIpc) is 2.21. The van der Waals surface area contributed by atoms with Gasteiger partial charge in [-0.15, -0.1) is 0 Å². The van der Waals surface area contributed by atoms with E-state index in [1.165, 1.54) is 0 Å². The molecule has 2 nitrogen and oxygen atoms in total. The summed E-state index contributed by atoms with van der Waals surface area (Å²) in [5, 5.41) is 0.596. The molecule has 0 bridgehead atoms. The highest BCUT2D eigenvalue weighted by Crippen LogP contribution is 2.28. The molecule has 1 rings (SSSR count). The molecule has 0 aromatic heterocycles. The van der Waals surface area contributed by atoms with Crippen molar-refractivity contribution < 1.29 is 9.47 Å². The fourth-order valence-corrected chi connectivity index (χ4v) is 1.29. The molecule has 76 valence electrons. The van der Waals surface area contributed by atoms with Crippen LogP contribution in [0.5, 0.6) is 5.75 Å². The molecule has 0 aliphatic heterocycles. The number of ether oxygens (including phenoxy) is 2. The summed E-state index contributed by atoms with van der Waals surface area (Å²) in [7, 11) is 1.63. The molecule has 14 heavy (non-hydrogen) atoms. The van der Waals surface area contributed by atoms with Crippen molar-refractivity contribution in [3.8, 4) is 5.75 Å². The maximum Gasteiger partial charge on any atom is 0.138 e. The van der Waals surface area contributed by atoms with Gasteiger partial charge in [-0.05, 0) is 11.6 Å². The van der Waals surface area contributed by atoms with Crippen molar-refractivity contribution in [2.24, 2.45) is 0 Å². The Morgan fingerprint density at radius 2 is 2.21 bits per heavy atom. The van der Waals surface area contributed by atoms with E-state index >= 15 is 0 Å². The number of hydrogen-bond acceptors (Lipinski definition) is 2. The van der Waals surface area contributed by atoms with Gasteiger partial charge in [0.15, 0.2) is 0 Å². The lowest BCUT2D eigenvalue weighted by Crippen LogP contribution is -2.04. The molecular weight excluding hydrogens is 200 g/mol. The van der Waals surface area contributed by atoms with Crippen LogP contribution in [0.2, 0.25) is 5.02 Å². The van der Waals surface area contributed by atoms with Crippen molar-refractivity contribution >= 4 is 17.7 Å². The van der Waals surface area contributed by atoms with E-state index in [1.54, 1.807) is 13.2 Å². The van der Waals surface area contributed by atoms with Gasteiger partial charge in [0, 0.05) is 7.11 Å². The molecule has 0 radical (unpaired) electrons. The summed E-state index contributed by atoms with van der Waals surface area (Å²) in [5.41, 5.74) is 0.876. The van der Waals surface area contributed by atoms with Crippen LogP contribution in [0.15, 0.2) is 24.8 Å². The second-order valence-corrected chi connectivity index (χ2v) is 3.08. The van der Waals surface area contributed by atoms with Gasteiger partial charge in [-0.25, -0.2) is 0 Å². The third kappa shape index (κ3) is 2.76. The highest BCUT2D eigenvalue weighted by Gasteiger charge is 2.03. The minimum atomic E-state index is 0.497. The van der Waals surface area contributed by atoms with Crippen LogP contribution in [0.1, 0.15) is 5.56 Å². The van der Waals surface area contributed by atoms with Crippen LogP contribution in [0.3, 0.4) is 0 Å². The second kappa shape index (κ2) is 5.68. The molecule has 0 saturated carbocycles. The first-order valence-electron chi connectivity index (χ1n) is 4.32. The van der Waals surface area contributed by atoms with Crippen molar-refractivity contribution in [2.45, 2.75) is 0 Å². The quantitative estimate of drug-likeness (QED) is 0.699. The number of hydrogen-bond donors (Lipinski definition) is 0. The van der Waals surface area contributed by atoms with Crippen LogP contribution >= 0.6 is 11.6 Å². The fraction of sp³-hybridized carbons (Fsp3) is 0.273. The molecule has 1 aromatic carbocycles. The van der Waals surface area contributed by atoms with Gasteiger partial charge in [-0.2, -0.15) is 0 Å². The largest absolute Gasteiger partial charge is 0.490 e. The van der Waals surface area contributed by atoms with Crippen LogP contribution in [-0.4, -0.2) is 20.3 Å². The van der Waals surface area contributed by atoms with E-state index in [0.29, 0.717) is 24.0 Å². The first-order chi connectivity index (χ1) is 6.79. The normalized spacial score (nSPS) is 9.86. The van der Waals surface area contributed by atoms with Crippen molar-refractivity contribution in [3.05, 3.63) is 35.4 Å². The zero-order chi connectivity index (χ0) is 10.4. The molecule has 3 heteroatoms. The summed E-state index contributed by atoms with van der Waals surface area (Å²) >= 11 is 6.05. The Balaban J connectivity index is 2.71. The van der Waals surface area contributed by atoms with E-state index in [4.69, 9.17) is 21.1 Å². The van der Waals surface area contributed by atoms with Crippen molar-refractivity contribution in [3.63, 3.8) is 0 Å². The highest BCUT2D eigenvalue weighted by atomic mass is 35.5. The molecular formula is C11H13ClO2. The lowest BCUT2D eigenvalue weighted by atomic mass is 10.2. The van der Waals surface area contributed by atoms with Gasteiger partial charge in [0.25, 0.3) is 0 Å². The molecule has 0 spiro atoms. The van der Waals surface area contributed by atoms with E-state index in [-0.39, 0.29) is 0 Å². The molecule has 0 amide bonds. The molecule has 0 heterocycles. The molecule has 0 N–H and O–H groups in total. The first kappa shape index (κ1) is 11.1. The summed E-state index contributed by atoms with van der Waals surface area (Å²) in [5.74, 6) is 0.668. The third-order valence-corrected chi connectivity index (χ3v) is 2.16. The zero-order valence-corrected chi connectivity index (χ0v) is 8.88. The lowest BCUT2D eigenvalue weighted by Gasteiger charge is -2.08. The van der Waals surface area contributed by atoms with Crippen LogP contribution in [-0.2, 0) is 4.74 Å². The number of rotatable bonds is 5. The summed E-state index contributed by atoms with van der Waals surface area (Å²) in [6.45, 7) is 4.71. The Kier molecular flexibility index (Phi) is 4.50. The Morgan fingerprint density at radius 1 is 1.43 bits per heavy atom. The Labute approximate surface area is 89.1 Å². The molecule has 0 fully saturated rings. The second-order valence-electron chi connectivity index (χ2n) is 2.70. The van der Waals surface area contributed by atoms with Gasteiger partial charge in [0.2, 0.25) is 0 Å². The lowest BCUT2D eigenvalue weighted by molar-refractivity contribution is 0.146. The van der Waals surface area contributed by atoms with E-state index in [2.05, 4.69) is 6.58 Å². The van der Waals surface area contributed by atoms with Crippen LogP contribution in [0, 0.1) is 0 Å². The van der Waals surface area contributed by atoms with Gasteiger partial charge in [-0.3, -0.25) is 0 Å². The summed E-state index contributed by atoms with van der Waals surface area (Å²) in [6.07, 6.45) is 1.70. The van der Waals surface area contributed by atoms with Crippen LogP contribution < -0.4 is 4.74 Å². The SMILES string of the molecule is C=Cc1cccc(OCCOC)c1Cl. The van der Waals surface area contributed by atoms with Gasteiger partial charge in [0.05, 0.1) is 11.6 Å². The maximum atomic E-state index is 6.05. The van der Waals surface area contributed by atoms with Crippen molar-refractivity contribution in [1.82, 2.24) is 0 Å². The summed E-state index contributed by atoms with van der Waals surface area (Å²) < 4.78 is 10.3. The van der Waals surface area contributed by atoms with Gasteiger partial charge in [-0.1, -0.05) is 36.4 Å². The van der Waals surface area contributed by atoms with Gasteiger partial charge >= 0.3 is 0 Å². The van der Waals surface area contributed by atoms with Crippen molar-refractivity contribution in [2.75, 3.05) is 20.3 Å². The number of methoxy groups -OCH3 is 1. The number of halogens is 1. The van der Waals surface area contributed by atoms with Gasteiger partial charge in [0.1, 0.15) is 12.4 Å². The Morgan fingerprint density at radius 3 is 2.86 bits per heavy atom. The first-order valence-corrected chi connectivity index (χ1v) is 4.70. The third-order valence-electron chi connectivity index (χ3n) is 1.76. The van der Waals surface area contributed by atoms with Crippen molar-refractivity contribution in [1.29, 1.82) is 0 Å². The Hall–Kier alpha value is -0.990. The van der Waals surface area contributed by atoms with Gasteiger partial charge < -0.3 is 9.47 Å². The predicted molar refractivity (Wildman–Crippen MR) is 58.9 cm³/mol. The molecule has 0 atom stereocenters. The summed E-state index contributed by atoms with van der Waals surface area (Å²) in [6, 6.07) is 5.59. The standard InChI is InChI=1S/C11H13ClO2/c1-3-9-5-4-6-10(11(9)12)14-8-7-13-2/h3-6H,1,7-8H2,2H3. The van der Waals surface area contributed by atoms with Crippen LogP contribution in [0.25, 0.3) is 6.08 Å². The minimum Gasteiger partial charge on any atom is -0.490 e. The molecule has 0 unspecified atom stereocenters. The maximum absolute atomic E-state index is 6.05. The molecule has 0 aliphatic rings. The summed E-state index contributed by atoms with van der Waals surface area (Å²) in [4.78, 5) is 0. The van der Waals surface area contributed by atoms with E-state index < -0.39 is 0 Å². The Bertz CT molecular complexity index is 310. The monoisotopic (exact) mass is 212 g/mol. The highest BCUT2D eigenvalue weighted by molar-refractivity contribution is 6.33. The topological polar surface area (TPSA) is 18.5 Å². The van der Waals surface area contributed by atoms with E-state index in [9.17, 15) is 0 Å². The minimum absolute atomic E-state index is 0.497.